The fraction of sp³-hybridized carbons (Fsp3) is 0.933. The molecule has 0 amide bonds. The first kappa shape index (κ1) is 38.0. The molecule has 1 nitrogen and oxygen atoms in total. The third-order valence-corrected chi connectivity index (χ3v) is 4.94. The van der Waals surface area contributed by atoms with E-state index in [1.807, 2.05) is 0 Å². The average Bonchev–Trinajstić information content (AvgIpc) is 2.71. The van der Waals surface area contributed by atoms with Crippen LogP contribution in [-0.4, -0.2) is 76.9 Å². The molecular formula is C15H6F24O. The summed E-state index contributed by atoms with van der Waals surface area (Å²) in [6.45, 7) is -2.36. The van der Waals surface area contributed by atoms with Gasteiger partial charge in [0, 0.05) is 13.8 Å². The first-order valence-corrected chi connectivity index (χ1v) is 8.74. The minimum absolute atomic E-state index is 0.860. The Hall–Kier alpha value is -2.01. The van der Waals surface area contributed by atoms with E-state index in [0.29, 0.717) is 0 Å². The first-order chi connectivity index (χ1) is 16.7. The molecule has 0 saturated heterocycles. The van der Waals surface area contributed by atoms with Crippen molar-refractivity contribution in [2.45, 2.75) is 84.9 Å². The van der Waals surface area contributed by atoms with Crippen LogP contribution in [0.15, 0.2) is 0 Å². The normalized spacial score (nSPS) is 16.9. The molecule has 0 aliphatic rings. The molecule has 0 unspecified atom stereocenters. The highest BCUT2D eigenvalue weighted by molar-refractivity contribution is 5.84. The number of halogens is 24. The van der Waals surface area contributed by atoms with Crippen LogP contribution in [0.5, 0.6) is 0 Å². The van der Waals surface area contributed by atoms with Crippen molar-refractivity contribution >= 4 is 5.78 Å². The van der Waals surface area contributed by atoms with E-state index in [-0.39, 0.29) is 0 Å². The molecule has 0 aliphatic carbocycles. The number of carbonyl (C=O) groups is 1. The maximum Gasteiger partial charge on any atom is 0.385 e. The highest BCUT2D eigenvalue weighted by Gasteiger charge is 2.99. The Morgan fingerprint density at radius 1 is 0.325 bits per heavy atom. The molecule has 40 heavy (non-hydrogen) atoms. The predicted octanol–water partition coefficient (Wildman–Crippen LogP) is 8.22. The van der Waals surface area contributed by atoms with Gasteiger partial charge in [0.25, 0.3) is 0 Å². The molecule has 0 rings (SSSR count). The molecule has 0 spiro atoms. The quantitative estimate of drug-likeness (QED) is 0.193. The molecule has 0 N–H and O–H groups in total. The topological polar surface area (TPSA) is 17.1 Å². The van der Waals surface area contributed by atoms with E-state index in [9.17, 15) is 110 Å². The van der Waals surface area contributed by atoms with Crippen molar-refractivity contribution < 1.29 is 110 Å². The lowest BCUT2D eigenvalue weighted by Gasteiger charge is -2.45. The SMILES string of the molecule is CC(=O)C(F)(F)C(F)(F)C(F)(F)C(F)(F)C(F)(F)C(F)(F)C(F)(F)C(F)(F)C(F)(F)C(F)(F)C(F)(F)C(C)(F)F. The van der Waals surface area contributed by atoms with Crippen LogP contribution in [0.2, 0.25) is 0 Å². The van der Waals surface area contributed by atoms with E-state index >= 15 is 0 Å². The zero-order valence-electron chi connectivity index (χ0n) is 18.0. The summed E-state index contributed by atoms with van der Waals surface area (Å²) in [4.78, 5) is 10.3. The molecule has 25 heteroatoms. The Morgan fingerprint density at radius 2 is 0.475 bits per heavy atom. The first-order valence-electron chi connectivity index (χ1n) is 8.74. The van der Waals surface area contributed by atoms with E-state index in [4.69, 9.17) is 0 Å². The Bertz CT molecular complexity index is 967. The molecular weight excluding hydrogens is 652 g/mol. The van der Waals surface area contributed by atoms with Gasteiger partial charge in [0.2, 0.25) is 5.78 Å². The molecule has 0 heterocycles. The predicted molar refractivity (Wildman–Crippen MR) is 75.7 cm³/mol. The minimum atomic E-state index is -9.53. The van der Waals surface area contributed by atoms with Crippen LogP contribution < -0.4 is 0 Å². The van der Waals surface area contributed by atoms with Crippen LogP contribution in [0.25, 0.3) is 0 Å². The molecule has 0 atom stereocenters. The highest BCUT2D eigenvalue weighted by atomic mass is 19.4. The fourth-order valence-corrected chi connectivity index (χ4v) is 2.27. The summed E-state index contributed by atoms with van der Waals surface area (Å²) in [6.07, 6.45) is 0. The van der Waals surface area contributed by atoms with Gasteiger partial charge in [0.15, 0.2) is 0 Å². The van der Waals surface area contributed by atoms with Crippen molar-refractivity contribution in [2.75, 3.05) is 0 Å². The highest BCUT2D eigenvalue weighted by Crippen LogP contribution is 2.67. The average molecular weight is 658 g/mol. The van der Waals surface area contributed by atoms with Gasteiger partial charge in [-0.1, -0.05) is 0 Å². The van der Waals surface area contributed by atoms with Gasteiger partial charge < -0.3 is 0 Å². The Morgan fingerprint density at radius 3 is 0.625 bits per heavy atom. The molecule has 0 aliphatic heterocycles. The fourth-order valence-electron chi connectivity index (χ4n) is 2.27. The number of alkyl halides is 24. The lowest BCUT2D eigenvalue weighted by Crippen LogP contribution is -2.78. The van der Waals surface area contributed by atoms with E-state index in [1.54, 1.807) is 0 Å². The molecule has 0 radical (unpaired) electrons. The van der Waals surface area contributed by atoms with Crippen LogP contribution in [0.1, 0.15) is 13.8 Å². The third-order valence-electron chi connectivity index (χ3n) is 4.94. The lowest BCUT2D eigenvalue weighted by molar-refractivity contribution is -0.477. The summed E-state index contributed by atoms with van der Waals surface area (Å²) in [5.74, 6) is -108. The summed E-state index contributed by atoms with van der Waals surface area (Å²) in [5, 5.41) is 0. The molecule has 0 aromatic carbocycles. The van der Waals surface area contributed by atoms with Gasteiger partial charge in [0.1, 0.15) is 0 Å². The van der Waals surface area contributed by atoms with Crippen molar-refractivity contribution in [1.29, 1.82) is 0 Å². The standard InChI is InChI=1S/C15H6F24O/c1-3(40)5(18,19)7(22,23)9(26,27)11(30,31)13(34,35)15(38,39)14(36,37)12(32,33)10(28,29)8(24,25)6(20,21)4(2,16)17/h1-2H3. The minimum Gasteiger partial charge on any atom is -0.293 e. The lowest BCUT2D eigenvalue weighted by atomic mass is 9.84. The zero-order chi connectivity index (χ0) is 33.6. The van der Waals surface area contributed by atoms with Crippen LogP contribution in [0, 0.1) is 0 Å². The Balaban J connectivity index is 7.37. The summed E-state index contributed by atoms with van der Waals surface area (Å²) in [7, 11) is 0. The van der Waals surface area contributed by atoms with Crippen molar-refractivity contribution in [3.8, 4) is 0 Å². The van der Waals surface area contributed by atoms with Crippen LogP contribution in [0.4, 0.5) is 105 Å². The van der Waals surface area contributed by atoms with Crippen LogP contribution >= 0.6 is 0 Å². The van der Waals surface area contributed by atoms with Gasteiger partial charge in [-0.3, -0.25) is 4.79 Å². The molecule has 0 aromatic rings. The molecule has 0 fully saturated rings. The number of carbonyl (C=O) groups excluding carboxylic acids is 1. The maximum absolute atomic E-state index is 13.6. The summed E-state index contributed by atoms with van der Waals surface area (Å²) >= 11 is 0. The van der Waals surface area contributed by atoms with E-state index in [1.165, 1.54) is 0 Å². The molecule has 0 aromatic heterocycles. The van der Waals surface area contributed by atoms with Gasteiger partial charge in [-0.2, -0.15) is 105 Å². The molecule has 240 valence electrons. The second-order valence-electron chi connectivity index (χ2n) is 7.76. The van der Waals surface area contributed by atoms with Crippen molar-refractivity contribution in [2.24, 2.45) is 0 Å². The molecule has 0 saturated carbocycles. The Kier molecular flexibility index (Phi) is 8.54. The van der Waals surface area contributed by atoms with E-state index in [0.717, 1.165) is 0 Å². The summed E-state index contributed by atoms with van der Waals surface area (Å²) < 4.78 is 320. The largest absolute Gasteiger partial charge is 0.385 e. The van der Waals surface area contributed by atoms with Crippen molar-refractivity contribution in [3.63, 3.8) is 0 Å². The number of hydrogen-bond donors (Lipinski definition) is 0. The Labute approximate surface area is 202 Å². The maximum atomic E-state index is 13.6. The molecule has 0 bridgehead atoms. The van der Waals surface area contributed by atoms with Gasteiger partial charge in [-0.15, -0.1) is 0 Å². The van der Waals surface area contributed by atoms with E-state index < -0.39 is 90.7 Å². The van der Waals surface area contributed by atoms with Crippen LogP contribution in [0.3, 0.4) is 0 Å². The van der Waals surface area contributed by atoms with Gasteiger partial charge >= 0.3 is 71.1 Å². The second kappa shape index (κ2) is 8.99. The summed E-state index contributed by atoms with van der Waals surface area (Å²) in [5.41, 5.74) is 0. The van der Waals surface area contributed by atoms with Gasteiger partial charge in [0.05, 0.1) is 0 Å². The summed E-state index contributed by atoms with van der Waals surface area (Å²) in [6, 6.07) is 0. The number of Topliss-reactive ketones (excluding diaryl/α,β-unsaturated/α-hetero) is 1. The zero-order valence-corrected chi connectivity index (χ0v) is 18.0. The smallest absolute Gasteiger partial charge is 0.293 e. The van der Waals surface area contributed by atoms with Gasteiger partial charge in [-0.05, 0) is 0 Å². The number of hydrogen-bond acceptors (Lipinski definition) is 1. The number of ketones is 1. The number of rotatable bonds is 12. The van der Waals surface area contributed by atoms with Crippen molar-refractivity contribution in [3.05, 3.63) is 0 Å². The van der Waals surface area contributed by atoms with Crippen molar-refractivity contribution in [1.82, 2.24) is 0 Å². The van der Waals surface area contributed by atoms with E-state index in [2.05, 4.69) is 0 Å². The monoisotopic (exact) mass is 658 g/mol. The second-order valence-corrected chi connectivity index (χ2v) is 7.76. The van der Waals surface area contributed by atoms with Gasteiger partial charge in [-0.25, -0.2) is 0 Å². The third kappa shape index (κ3) is 4.15. The van der Waals surface area contributed by atoms with Crippen LogP contribution in [-0.2, 0) is 4.79 Å².